The van der Waals surface area contributed by atoms with Gasteiger partial charge in [-0.25, -0.2) is 4.99 Å². The van der Waals surface area contributed by atoms with E-state index in [0.29, 0.717) is 23.9 Å². The maximum atomic E-state index is 6.24. The van der Waals surface area contributed by atoms with Crippen molar-refractivity contribution in [3.63, 3.8) is 0 Å². The molecule has 3 aromatic rings. The molecule has 0 fully saturated rings. The molecule has 2 aliphatic heterocycles. The zero-order chi connectivity index (χ0) is 19.6. The number of ether oxygens (including phenoxy) is 4. The van der Waals surface area contributed by atoms with Gasteiger partial charge in [-0.05, 0) is 61.5 Å². The predicted molar refractivity (Wildman–Crippen MR) is 111 cm³/mol. The Hall–Kier alpha value is -3.73. The van der Waals surface area contributed by atoms with Gasteiger partial charge in [0.15, 0.2) is 17.2 Å². The summed E-state index contributed by atoms with van der Waals surface area (Å²) in [5, 5.41) is 0. The molecule has 0 saturated heterocycles. The van der Waals surface area contributed by atoms with Crippen LogP contribution in [0.25, 0.3) is 5.76 Å². The van der Waals surface area contributed by atoms with Crippen LogP contribution in [-0.2, 0) is 0 Å². The highest BCUT2D eigenvalue weighted by atomic mass is 16.7. The minimum absolute atomic E-state index is 0.237. The Morgan fingerprint density at radius 3 is 2.52 bits per heavy atom. The number of allylic oxidation sites excluding steroid dienone is 1. The van der Waals surface area contributed by atoms with Crippen molar-refractivity contribution >= 4 is 17.2 Å². The van der Waals surface area contributed by atoms with Gasteiger partial charge in [0.05, 0.1) is 12.3 Å². The number of para-hydroxylation sites is 2. The molecule has 144 valence electrons. The third-order valence-electron chi connectivity index (χ3n) is 4.71. The van der Waals surface area contributed by atoms with Gasteiger partial charge in [-0.15, -0.1) is 0 Å². The second-order valence-corrected chi connectivity index (χ2v) is 6.60. The Kier molecular flexibility index (Phi) is 4.41. The number of aliphatic imine (C=N–C) groups is 1. The molecule has 0 unspecified atom stereocenters. The summed E-state index contributed by atoms with van der Waals surface area (Å²) in [6.07, 6.45) is 1.95. The number of fused-ring (bicyclic) bond motifs is 2. The molecule has 0 aromatic heterocycles. The molecule has 0 spiro atoms. The van der Waals surface area contributed by atoms with Crippen LogP contribution in [0.5, 0.6) is 23.0 Å². The first kappa shape index (κ1) is 17.4. The van der Waals surface area contributed by atoms with Gasteiger partial charge in [-0.1, -0.05) is 12.1 Å². The molecule has 0 aliphatic carbocycles. The summed E-state index contributed by atoms with van der Waals surface area (Å²) < 4.78 is 22.8. The fourth-order valence-corrected chi connectivity index (χ4v) is 3.30. The predicted octanol–water partition coefficient (Wildman–Crippen LogP) is 5.37. The van der Waals surface area contributed by atoms with Crippen LogP contribution in [0.15, 0.2) is 77.8 Å². The van der Waals surface area contributed by atoms with Gasteiger partial charge in [-0.3, -0.25) is 0 Å². The van der Waals surface area contributed by atoms with Crippen molar-refractivity contribution < 1.29 is 18.9 Å². The van der Waals surface area contributed by atoms with Gasteiger partial charge in [0.2, 0.25) is 6.79 Å². The lowest BCUT2D eigenvalue weighted by Crippen LogP contribution is -2.00. The number of benzene rings is 3. The van der Waals surface area contributed by atoms with Gasteiger partial charge in [0.1, 0.15) is 17.2 Å². The van der Waals surface area contributed by atoms with Crippen molar-refractivity contribution in [3.05, 3.63) is 83.9 Å². The van der Waals surface area contributed by atoms with Crippen molar-refractivity contribution in [1.82, 2.24) is 0 Å². The fourth-order valence-electron chi connectivity index (χ4n) is 3.30. The average Bonchev–Trinajstić information content (AvgIpc) is 3.13. The molecule has 29 heavy (non-hydrogen) atoms. The highest BCUT2D eigenvalue weighted by Gasteiger charge is 2.19. The summed E-state index contributed by atoms with van der Waals surface area (Å²) in [7, 11) is 0. The van der Waals surface area contributed by atoms with Gasteiger partial charge >= 0.3 is 0 Å². The van der Waals surface area contributed by atoms with Crippen molar-refractivity contribution in [2.24, 2.45) is 4.99 Å². The summed E-state index contributed by atoms with van der Waals surface area (Å²) in [5.41, 5.74) is 3.46. The summed E-state index contributed by atoms with van der Waals surface area (Å²) >= 11 is 0. The third-order valence-corrected chi connectivity index (χ3v) is 4.71. The van der Waals surface area contributed by atoms with Crippen LogP contribution in [-0.4, -0.2) is 19.1 Å². The Morgan fingerprint density at radius 1 is 0.862 bits per heavy atom. The minimum atomic E-state index is 0.237. The van der Waals surface area contributed by atoms with E-state index in [1.807, 2.05) is 79.7 Å². The molecule has 0 radical (unpaired) electrons. The van der Waals surface area contributed by atoms with Crippen LogP contribution in [0, 0.1) is 0 Å². The molecule has 0 saturated carbocycles. The highest BCUT2D eigenvalue weighted by Crippen LogP contribution is 2.38. The molecule has 0 N–H and O–H groups in total. The fraction of sp³-hybridized carbons (Fsp3) is 0.125. The maximum absolute atomic E-state index is 6.24. The highest BCUT2D eigenvalue weighted by molar-refractivity contribution is 6.13. The van der Waals surface area contributed by atoms with Crippen molar-refractivity contribution in [2.45, 2.75) is 6.92 Å². The van der Waals surface area contributed by atoms with E-state index in [0.717, 1.165) is 34.0 Å². The molecule has 5 rings (SSSR count). The van der Waals surface area contributed by atoms with Gasteiger partial charge in [-0.2, -0.15) is 0 Å². The second kappa shape index (κ2) is 7.36. The summed E-state index contributed by atoms with van der Waals surface area (Å²) in [6.45, 7) is 2.84. The van der Waals surface area contributed by atoms with Crippen molar-refractivity contribution in [3.8, 4) is 23.0 Å². The van der Waals surface area contributed by atoms with Gasteiger partial charge in [0.25, 0.3) is 0 Å². The van der Waals surface area contributed by atoms with Crippen LogP contribution >= 0.6 is 0 Å². The van der Waals surface area contributed by atoms with E-state index in [2.05, 4.69) is 0 Å². The van der Waals surface area contributed by atoms with E-state index < -0.39 is 0 Å². The lowest BCUT2D eigenvalue weighted by molar-refractivity contribution is 0.174. The largest absolute Gasteiger partial charge is 0.494 e. The van der Waals surface area contributed by atoms with Crippen LogP contribution in [0.2, 0.25) is 0 Å². The normalized spacial score (nSPS) is 14.2. The quantitative estimate of drug-likeness (QED) is 0.606. The van der Waals surface area contributed by atoms with E-state index in [4.69, 9.17) is 23.9 Å². The molecule has 2 heterocycles. The second-order valence-electron chi connectivity index (χ2n) is 6.60. The lowest BCUT2D eigenvalue weighted by Gasteiger charge is -2.10. The maximum Gasteiger partial charge on any atom is 0.231 e. The van der Waals surface area contributed by atoms with Crippen LogP contribution < -0.4 is 18.9 Å². The molecule has 5 nitrogen and oxygen atoms in total. The first-order chi connectivity index (χ1) is 14.3. The third kappa shape index (κ3) is 3.43. The molecule has 0 atom stereocenters. The Balaban J connectivity index is 1.59. The minimum Gasteiger partial charge on any atom is -0.494 e. The number of hydrogen-bond donors (Lipinski definition) is 0. The average molecular weight is 385 g/mol. The smallest absolute Gasteiger partial charge is 0.231 e. The van der Waals surface area contributed by atoms with Crippen LogP contribution in [0.4, 0.5) is 5.69 Å². The molecular weight excluding hydrogens is 366 g/mol. The number of nitrogens with zero attached hydrogens (tertiary/aromatic N) is 1. The standard InChI is InChI=1S/C24H19NO4/c1-2-26-18-10-7-16(8-11-18)20-14-23(29-21-6-4-3-5-19(21)25-20)17-9-12-22-24(13-17)28-15-27-22/h3-14H,2,15H2,1H3. The van der Waals surface area contributed by atoms with Crippen LogP contribution in [0.3, 0.4) is 0 Å². The van der Waals surface area contributed by atoms with Crippen molar-refractivity contribution in [1.29, 1.82) is 0 Å². The Morgan fingerprint density at radius 2 is 1.66 bits per heavy atom. The molecule has 0 amide bonds. The zero-order valence-electron chi connectivity index (χ0n) is 15.9. The van der Waals surface area contributed by atoms with E-state index in [-0.39, 0.29) is 6.79 Å². The molecule has 5 heteroatoms. The van der Waals surface area contributed by atoms with E-state index in [1.54, 1.807) is 0 Å². The van der Waals surface area contributed by atoms with Crippen LogP contribution in [0.1, 0.15) is 18.1 Å². The van der Waals surface area contributed by atoms with E-state index in [1.165, 1.54) is 0 Å². The lowest BCUT2D eigenvalue weighted by atomic mass is 10.1. The monoisotopic (exact) mass is 385 g/mol. The molecule has 0 bridgehead atoms. The Bertz CT molecular complexity index is 1120. The molecule has 3 aromatic carbocycles. The molecule has 2 aliphatic rings. The number of rotatable bonds is 4. The zero-order valence-corrected chi connectivity index (χ0v) is 15.9. The summed E-state index contributed by atoms with van der Waals surface area (Å²) in [5.74, 6) is 3.69. The van der Waals surface area contributed by atoms with E-state index in [9.17, 15) is 0 Å². The van der Waals surface area contributed by atoms with Gasteiger partial charge < -0.3 is 18.9 Å². The topological polar surface area (TPSA) is 49.3 Å². The first-order valence-corrected chi connectivity index (χ1v) is 9.51. The summed E-state index contributed by atoms with van der Waals surface area (Å²) in [6, 6.07) is 21.5. The summed E-state index contributed by atoms with van der Waals surface area (Å²) in [4.78, 5) is 4.85. The SMILES string of the molecule is CCOc1ccc(C2=Nc3ccccc3OC(c3ccc4c(c3)OCO4)=C2)cc1. The first-order valence-electron chi connectivity index (χ1n) is 9.51. The Labute approximate surface area is 168 Å². The number of hydrogen-bond acceptors (Lipinski definition) is 5. The van der Waals surface area contributed by atoms with E-state index >= 15 is 0 Å². The van der Waals surface area contributed by atoms with Crippen molar-refractivity contribution in [2.75, 3.05) is 13.4 Å². The van der Waals surface area contributed by atoms with Gasteiger partial charge in [0, 0.05) is 17.2 Å². The molecular formula is C24H19NO4.